The van der Waals surface area contributed by atoms with Gasteiger partial charge < -0.3 is 14.8 Å². The van der Waals surface area contributed by atoms with E-state index in [0.29, 0.717) is 12.0 Å². The first-order chi connectivity index (χ1) is 13.6. The maximum absolute atomic E-state index is 13.3. The molecule has 152 valence electrons. The summed E-state index contributed by atoms with van der Waals surface area (Å²) < 4.78 is 37.0. The molecule has 0 radical (unpaired) electrons. The lowest BCUT2D eigenvalue weighted by Crippen LogP contribution is -2.31. The molecule has 2 aromatic rings. The average Bonchev–Trinajstić information content (AvgIpc) is 2.95. The minimum absolute atomic E-state index is 0.0757. The second-order valence-corrected chi connectivity index (χ2v) is 7.25. The number of carbonyl (C=O) groups is 2. The number of carbonyl (C=O) groups excluding carboxylic acids is 2. The number of ether oxygens (including phenoxy) is 2. The molecule has 1 fully saturated rings. The maximum Gasteiger partial charge on any atom is 0.377 e. The fourth-order valence-electron chi connectivity index (χ4n) is 2.98. The van der Waals surface area contributed by atoms with Crippen LogP contribution in [0.25, 0.3) is 0 Å². The molecule has 1 heterocycles. The number of benzene rings is 2. The van der Waals surface area contributed by atoms with E-state index in [1.54, 1.807) is 38.1 Å². The van der Waals surface area contributed by atoms with Gasteiger partial charge in [-0.2, -0.15) is 0 Å². The van der Waals surface area contributed by atoms with E-state index in [2.05, 4.69) is 5.32 Å². The monoisotopic (exact) mass is 401 g/mol. The highest BCUT2D eigenvalue weighted by atomic mass is 19.1. The van der Waals surface area contributed by atoms with Gasteiger partial charge in [-0.15, -0.1) is 0 Å². The van der Waals surface area contributed by atoms with Crippen LogP contribution in [0.4, 0.5) is 8.78 Å². The van der Waals surface area contributed by atoms with Crippen molar-refractivity contribution in [2.24, 2.45) is 0 Å². The van der Waals surface area contributed by atoms with Gasteiger partial charge in [-0.1, -0.05) is 24.3 Å². The topological polar surface area (TPSA) is 64.6 Å². The highest BCUT2D eigenvalue weighted by Gasteiger charge is 2.39. The Hall–Kier alpha value is -3.22. The molecule has 7 heteroatoms. The van der Waals surface area contributed by atoms with Gasteiger partial charge in [-0.25, -0.2) is 13.6 Å². The zero-order chi connectivity index (χ0) is 21.2. The molecule has 29 heavy (non-hydrogen) atoms. The van der Waals surface area contributed by atoms with E-state index in [1.165, 1.54) is 31.2 Å². The number of halogens is 2. The zero-order valence-electron chi connectivity index (χ0n) is 16.3. The molecule has 0 bridgehead atoms. The molecule has 2 aromatic carbocycles. The summed E-state index contributed by atoms with van der Waals surface area (Å²) in [5.74, 6) is -3.28. The molecule has 1 aliphatic rings. The normalized spacial score (nSPS) is 17.9. The van der Waals surface area contributed by atoms with Crippen LogP contribution < -0.4 is 5.32 Å². The molecule has 0 aromatic heterocycles. The predicted molar refractivity (Wildman–Crippen MR) is 101 cm³/mol. The molecule has 1 amide bonds. The summed E-state index contributed by atoms with van der Waals surface area (Å²) in [5, 5.41) is 2.84. The molecule has 1 aliphatic heterocycles. The molecule has 1 saturated heterocycles. The van der Waals surface area contributed by atoms with Gasteiger partial charge in [0.2, 0.25) is 11.5 Å². The van der Waals surface area contributed by atoms with E-state index in [0.717, 1.165) is 5.56 Å². The van der Waals surface area contributed by atoms with Gasteiger partial charge in [-0.3, -0.25) is 4.79 Å². The lowest BCUT2D eigenvalue weighted by Gasteiger charge is -2.20. The molecule has 0 saturated carbocycles. The third-order valence-electron chi connectivity index (χ3n) is 4.48. The number of amides is 1. The maximum atomic E-state index is 13.3. The van der Waals surface area contributed by atoms with Crippen LogP contribution in [-0.4, -0.2) is 17.7 Å². The Morgan fingerprint density at radius 3 is 2.07 bits per heavy atom. The number of hydrogen-bond donors (Lipinski definition) is 1. The van der Waals surface area contributed by atoms with Crippen molar-refractivity contribution in [1.29, 1.82) is 0 Å². The van der Waals surface area contributed by atoms with Gasteiger partial charge in [0.15, 0.2) is 0 Å². The molecule has 0 spiro atoms. The van der Waals surface area contributed by atoms with Crippen molar-refractivity contribution in [3.63, 3.8) is 0 Å². The van der Waals surface area contributed by atoms with Crippen LogP contribution in [0.15, 0.2) is 59.9 Å². The van der Waals surface area contributed by atoms with Crippen molar-refractivity contribution >= 4 is 11.9 Å². The van der Waals surface area contributed by atoms with Crippen LogP contribution in [0.5, 0.6) is 0 Å². The Bertz CT molecular complexity index is 950. The molecule has 1 N–H and O–H groups in total. The zero-order valence-corrected chi connectivity index (χ0v) is 16.3. The standard InChI is InChI=1S/C22H21F2NO4/c1-13(19-21(27)29-22(2,3)28-19)20(26)25-18(15-6-10-17(24)11-7-15)12-14-4-8-16(23)9-5-14/h4-11,18H,12H2,1-3H3,(H,25,26). The summed E-state index contributed by atoms with van der Waals surface area (Å²) in [6.07, 6.45) is 0.344. The first-order valence-electron chi connectivity index (χ1n) is 9.08. The summed E-state index contributed by atoms with van der Waals surface area (Å²) in [4.78, 5) is 24.8. The Labute approximate surface area is 167 Å². The van der Waals surface area contributed by atoms with E-state index in [4.69, 9.17) is 9.47 Å². The van der Waals surface area contributed by atoms with Crippen molar-refractivity contribution in [2.75, 3.05) is 0 Å². The summed E-state index contributed by atoms with van der Waals surface area (Å²) in [5.41, 5.74) is 1.52. The van der Waals surface area contributed by atoms with Crippen LogP contribution >= 0.6 is 0 Å². The van der Waals surface area contributed by atoms with Crippen molar-refractivity contribution in [2.45, 2.75) is 39.0 Å². The first kappa shape index (κ1) is 20.5. The molecule has 1 unspecified atom stereocenters. The van der Waals surface area contributed by atoms with Gasteiger partial charge in [0, 0.05) is 13.8 Å². The summed E-state index contributed by atoms with van der Waals surface area (Å²) in [7, 11) is 0. The third kappa shape index (κ3) is 4.99. The van der Waals surface area contributed by atoms with E-state index >= 15 is 0 Å². The van der Waals surface area contributed by atoms with Gasteiger partial charge >= 0.3 is 5.97 Å². The smallest absolute Gasteiger partial charge is 0.377 e. The summed E-state index contributed by atoms with van der Waals surface area (Å²) in [6.45, 7) is 4.60. The van der Waals surface area contributed by atoms with E-state index in [-0.39, 0.29) is 17.1 Å². The second-order valence-electron chi connectivity index (χ2n) is 7.25. The lowest BCUT2D eigenvalue weighted by molar-refractivity contribution is -0.159. The van der Waals surface area contributed by atoms with E-state index < -0.39 is 29.5 Å². The summed E-state index contributed by atoms with van der Waals surface area (Å²) in [6, 6.07) is 11.1. The Kier molecular flexibility index (Phi) is 5.68. The van der Waals surface area contributed by atoms with Gasteiger partial charge in [0.1, 0.15) is 11.6 Å². The quantitative estimate of drug-likeness (QED) is 0.609. The first-order valence-corrected chi connectivity index (χ1v) is 9.08. The number of cyclic esters (lactones) is 1. The molecule has 0 aliphatic carbocycles. The SMILES string of the molecule is CC(C(=O)NC(Cc1ccc(F)cc1)c1ccc(F)cc1)=C1OC(C)(C)OC1=O. The van der Waals surface area contributed by atoms with Crippen LogP contribution in [0.1, 0.15) is 37.9 Å². The third-order valence-corrected chi connectivity index (χ3v) is 4.48. The lowest BCUT2D eigenvalue weighted by atomic mass is 9.98. The minimum atomic E-state index is -1.14. The molecule has 1 atom stereocenters. The number of rotatable bonds is 5. The van der Waals surface area contributed by atoms with Crippen molar-refractivity contribution in [3.8, 4) is 0 Å². The molecular formula is C22H21F2NO4. The van der Waals surface area contributed by atoms with Gasteiger partial charge in [0.05, 0.1) is 11.6 Å². The van der Waals surface area contributed by atoms with Crippen molar-refractivity contribution in [3.05, 3.63) is 82.6 Å². The highest BCUT2D eigenvalue weighted by molar-refractivity contribution is 6.02. The Balaban J connectivity index is 1.86. The molecular weight excluding hydrogens is 380 g/mol. The van der Waals surface area contributed by atoms with E-state index in [1.807, 2.05) is 0 Å². The largest absolute Gasteiger partial charge is 0.445 e. The predicted octanol–water partition coefficient (Wildman–Crippen LogP) is 3.95. The van der Waals surface area contributed by atoms with E-state index in [9.17, 15) is 18.4 Å². The van der Waals surface area contributed by atoms with Crippen molar-refractivity contribution < 1.29 is 27.8 Å². The molecule has 3 rings (SSSR count). The number of esters is 1. The van der Waals surface area contributed by atoms with Gasteiger partial charge in [0.25, 0.3) is 5.91 Å². The van der Waals surface area contributed by atoms with Crippen LogP contribution in [-0.2, 0) is 25.5 Å². The van der Waals surface area contributed by atoms with Crippen molar-refractivity contribution in [1.82, 2.24) is 5.32 Å². The average molecular weight is 401 g/mol. The fraction of sp³-hybridized carbons (Fsp3) is 0.273. The fourth-order valence-corrected chi connectivity index (χ4v) is 2.98. The second kappa shape index (κ2) is 8.03. The Morgan fingerprint density at radius 1 is 1.00 bits per heavy atom. The molecule has 5 nitrogen and oxygen atoms in total. The Morgan fingerprint density at radius 2 is 1.55 bits per heavy atom. The number of hydrogen-bond acceptors (Lipinski definition) is 4. The van der Waals surface area contributed by atoms with Gasteiger partial charge in [-0.05, 0) is 48.7 Å². The van der Waals surface area contributed by atoms with Crippen LogP contribution in [0.2, 0.25) is 0 Å². The van der Waals surface area contributed by atoms with Crippen LogP contribution in [0.3, 0.4) is 0 Å². The van der Waals surface area contributed by atoms with Crippen LogP contribution in [0, 0.1) is 11.6 Å². The summed E-state index contributed by atoms with van der Waals surface area (Å²) >= 11 is 0. The number of nitrogens with one attached hydrogen (secondary N) is 1. The minimum Gasteiger partial charge on any atom is -0.445 e. The highest BCUT2D eigenvalue weighted by Crippen LogP contribution is 2.29.